The Labute approximate surface area is 131 Å². The third-order valence-electron chi connectivity index (χ3n) is 3.51. The highest BCUT2D eigenvalue weighted by Crippen LogP contribution is 2.29. The minimum Gasteiger partial charge on any atom is -0.369 e. The van der Waals surface area contributed by atoms with Crippen LogP contribution in [0.1, 0.15) is 16.7 Å². The molecular formula is C16H13BrN4. The number of anilines is 1. The van der Waals surface area contributed by atoms with Crippen LogP contribution in [-0.2, 0) is 0 Å². The molecule has 1 heterocycles. The van der Waals surface area contributed by atoms with Gasteiger partial charge in [-0.2, -0.15) is 5.26 Å². The standard InChI is InChI=1S/C16H13BrN4/c1-9-6-12(7-10(2)14(9)17)21-13-5-3-4-11(8-18)15(13)20-16(21)19/h3-7H,1-2H3,(H2,19,20). The predicted octanol–water partition coefficient (Wildman–Crippen LogP) is 3.86. The first kappa shape index (κ1) is 13.7. The highest BCUT2D eigenvalue weighted by molar-refractivity contribution is 9.10. The topological polar surface area (TPSA) is 67.6 Å². The molecule has 0 saturated heterocycles. The summed E-state index contributed by atoms with van der Waals surface area (Å²) in [5.41, 5.74) is 11.3. The number of fused-ring (bicyclic) bond motifs is 1. The first-order valence-electron chi connectivity index (χ1n) is 6.47. The maximum atomic E-state index is 9.18. The number of nitriles is 1. The largest absolute Gasteiger partial charge is 0.369 e. The molecule has 0 spiro atoms. The highest BCUT2D eigenvalue weighted by Gasteiger charge is 2.14. The Morgan fingerprint density at radius 2 is 1.90 bits per heavy atom. The third kappa shape index (κ3) is 2.08. The molecule has 0 fully saturated rings. The van der Waals surface area contributed by atoms with E-state index in [0.717, 1.165) is 26.8 Å². The van der Waals surface area contributed by atoms with Crippen molar-refractivity contribution >= 4 is 32.9 Å². The number of hydrogen-bond acceptors (Lipinski definition) is 3. The van der Waals surface area contributed by atoms with Crippen molar-refractivity contribution in [3.05, 3.63) is 51.5 Å². The number of nitrogens with two attached hydrogens (primary N) is 1. The molecule has 0 atom stereocenters. The Morgan fingerprint density at radius 1 is 1.24 bits per heavy atom. The number of nitrogen functional groups attached to an aromatic ring is 1. The molecule has 1 aromatic heterocycles. The summed E-state index contributed by atoms with van der Waals surface area (Å²) in [6.45, 7) is 4.08. The molecule has 0 unspecified atom stereocenters. The van der Waals surface area contributed by atoms with E-state index < -0.39 is 0 Å². The Balaban J connectivity index is 2.36. The maximum absolute atomic E-state index is 9.18. The number of hydrogen-bond donors (Lipinski definition) is 1. The molecule has 0 aliphatic heterocycles. The lowest BCUT2D eigenvalue weighted by Crippen LogP contribution is -2.01. The van der Waals surface area contributed by atoms with Gasteiger partial charge in [0, 0.05) is 10.2 Å². The van der Waals surface area contributed by atoms with E-state index in [9.17, 15) is 5.26 Å². The summed E-state index contributed by atoms with van der Waals surface area (Å²) in [6.07, 6.45) is 0. The summed E-state index contributed by atoms with van der Waals surface area (Å²) in [5, 5.41) is 9.18. The Morgan fingerprint density at radius 3 is 2.52 bits per heavy atom. The summed E-state index contributed by atoms with van der Waals surface area (Å²) < 4.78 is 2.97. The average molecular weight is 341 g/mol. The van der Waals surface area contributed by atoms with Crippen molar-refractivity contribution in [2.24, 2.45) is 0 Å². The summed E-state index contributed by atoms with van der Waals surface area (Å²) in [6, 6.07) is 11.8. The van der Waals surface area contributed by atoms with E-state index >= 15 is 0 Å². The molecule has 4 nitrogen and oxygen atoms in total. The van der Waals surface area contributed by atoms with Crippen LogP contribution in [0.4, 0.5) is 5.95 Å². The molecule has 21 heavy (non-hydrogen) atoms. The van der Waals surface area contributed by atoms with Crippen molar-refractivity contribution in [1.82, 2.24) is 9.55 Å². The van der Waals surface area contributed by atoms with Crippen LogP contribution in [0.2, 0.25) is 0 Å². The van der Waals surface area contributed by atoms with Gasteiger partial charge in [0.25, 0.3) is 0 Å². The van der Waals surface area contributed by atoms with E-state index in [4.69, 9.17) is 5.73 Å². The van der Waals surface area contributed by atoms with Crippen molar-refractivity contribution in [2.45, 2.75) is 13.8 Å². The smallest absolute Gasteiger partial charge is 0.205 e. The van der Waals surface area contributed by atoms with E-state index in [1.54, 1.807) is 6.07 Å². The number of rotatable bonds is 1. The normalized spacial score (nSPS) is 10.8. The van der Waals surface area contributed by atoms with Crippen molar-refractivity contribution in [3.8, 4) is 11.8 Å². The molecule has 0 radical (unpaired) electrons. The zero-order valence-electron chi connectivity index (χ0n) is 11.7. The average Bonchev–Trinajstić information content (AvgIpc) is 2.80. The fourth-order valence-corrected chi connectivity index (χ4v) is 2.76. The van der Waals surface area contributed by atoms with Gasteiger partial charge in [0.15, 0.2) is 0 Å². The van der Waals surface area contributed by atoms with Crippen molar-refractivity contribution in [2.75, 3.05) is 5.73 Å². The number of imidazole rings is 1. The fourth-order valence-electron chi connectivity index (χ4n) is 2.53. The number of aryl methyl sites for hydroxylation is 2. The molecule has 0 aliphatic rings. The first-order chi connectivity index (χ1) is 10.0. The van der Waals surface area contributed by atoms with Gasteiger partial charge < -0.3 is 5.73 Å². The molecule has 2 aromatic carbocycles. The van der Waals surface area contributed by atoms with Crippen LogP contribution in [0.15, 0.2) is 34.8 Å². The molecule has 2 N–H and O–H groups in total. The van der Waals surface area contributed by atoms with E-state index in [2.05, 4.69) is 27.0 Å². The lowest BCUT2D eigenvalue weighted by atomic mass is 10.1. The number of nitrogens with zero attached hydrogens (tertiary/aromatic N) is 3. The minimum atomic E-state index is 0.383. The van der Waals surface area contributed by atoms with Gasteiger partial charge in [-0.05, 0) is 49.2 Å². The van der Waals surface area contributed by atoms with Gasteiger partial charge in [0.1, 0.15) is 11.6 Å². The molecule has 3 aromatic rings. The SMILES string of the molecule is Cc1cc(-n2c(N)nc3c(C#N)cccc32)cc(C)c1Br. The summed E-state index contributed by atoms with van der Waals surface area (Å²) in [5.74, 6) is 0.383. The number of benzene rings is 2. The molecule has 0 bridgehead atoms. The first-order valence-corrected chi connectivity index (χ1v) is 7.26. The number of para-hydroxylation sites is 1. The molecule has 104 valence electrons. The molecule has 3 rings (SSSR count). The molecule has 0 amide bonds. The van der Waals surface area contributed by atoms with Crippen LogP contribution in [-0.4, -0.2) is 9.55 Å². The third-order valence-corrected chi connectivity index (χ3v) is 4.76. The Hall–Kier alpha value is -2.32. The monoisotopic (exact) mass is 340 g/mol. The lowest BCUT2D eigenvalue weighted by Gasteiger charge is -2.11. The van der Waals surface area contributed by atoms with Crippen molar-refractivity contribution in [1.29, 1.82) is 5.26 Å². The number of aromatic nitrogens is 2. The highest BCUT2D eigenvalue weighted by atomic mass is 79.9. The zero-order valence-corrected chi connectivity index (χ0v) is 13.3. The summed E-state index contributed by atoms with van der Waals surface area (Å²) in [7, 11) is 0. The quantitative estimate of drug-likeness (QED) is 0.731. The second kappa shape index (κ2) is 4.90. The second-order valence-corrected chi connectivity index (χ2v) is 5.78. The predicted molar refractivity (Wildman–Crippen MR) is 87.4 cm³/mol. The van der Waals surface area contributed by atoms with E-state index in [1.165, 1.54) is 0 Å². The lowest BCUT2D eigenvalue weighted by molar-refractivity contribution is 1.10. The van der Waals surface area contributed by atoms with Crippen molar-refractivity contribution in [3.63, 3.8) is 0 Å². The molecule has 0 saturated carbocycles. The van der Waals surface area contributed by atoms with Crippen LogP contribution in [0.3, 0.4) is 0 Å². The molecule has 5 heteroatoms. The van der Waals surface area contributed by atoms with Gasteiger partial charge in [0.05, 0.1) is 11.1 Å². The number of halogens is 1. The maximum Gasteiger partial charge on any atom is 0.205 e. The van der Waals surface area contributed by atoms with Crippen LogP contribution in [0, 0.1) is 25.2 Å². The van der Waals surface area contributed by atoms with Crippen LogP contribution < -0.4 is 5.73 Å². The van der Waals surface area contributed by atoms with Gasteiger partial charge in [-0.15, -0.1) is 0 Å². The van der Waals surface area contributed by atoms with Gasteiger partial charge in [0.2, 0.25) is 5.95 Å². The molecule has 0 aliphatic carbocycles. The Kier molecular flexibility index (Phi) is 3.19. The van der Waals surface area contributed by atoms with E-state index in [-0.39, 0.29) is 0 Å². The summed E-state index contributed by atoms with van der Waals surface area (Å²) >= 11 is 3.57. The minimum absolute atomic E-state index is 0.383. The summed E-state index contributed by atoms with van der Waals surface area (Å²) in [4.78, 5) is 4.35. The van der Waals surface area contributed by atoms with Gasteiger partial charge in [-0.3, -0.25) is 4.57 Å². The van der Waals surface area contributed by atoms with Crippen LogP contribution in [0.25, 0.3) is 16.7 Å². The molecular weight excluding hydrogens is 328 g/mol. The van der Waals surface area contributed by atoms with E-state index in [0.29, 0.717) is 17.0 Å². The van der Waals surface area contributed by atoms with Crippen molar-refractivity contribution < 1.29 is 0 Å². The van der Waals surface area contributed by atoms with Crippen LogP contribution >= 0.6 is 15.9 Å². The van der Waals surface area contributed by atoms with Gasteiger partial charge in [-0.1, -0.05) is 22.0 Å². The second-order valence-electron chi connectivity index (χ2n) is 4.98. The Bertz CT molecular complexity index is 880. The fraction of sp³-hybridized carbons (Fsp3) is 0.125. The van der Waals surface area contributed by atoms with Gasteiger partial charge >= 0.3 is 0 Å². The van der Waals surface area contributed by atoms with E-state index in [1.807, 2.05) is 42.7 Å². The zero-order chi connectivity index (χ0) is 15.1. The van der Waals surface area contributed by atoms with Gasteiger partial charge in [-0.25, -0.2) is 4.98 Å². The van der Waals surface area contributed by atoms with Crippen LogP contribution in [0.5, 0.6) is 0 Å².